The molecule has 1 amide bonds. The van der Waals surface area contributed by atoms with E-state index in [1.54, 1.807) is 17.4 Å². The first-order valence-corrected chi connectivity index (χ1v) is 9.40. The lowest BCUT2D eigenvalue weighted by Crippen LogP contribution is -2.38. The van der Waals surface area contributed by atoms with E-state index in [1.807, 2.05) is 19.1 Å². The molecule has 3 N–H and O–H groups in total. The summed E-state index contributed by atoms with van der Waals surface area (Å²) in [7, 11) is 0. The average Bonchev–Trinajstić information content (AvgIpc) is 2.94. The van der Waals surface area contributed by atoms with Gasteiger partial charge in [-0.25, -0.2) is 0 Å². The number of phenols is 1. The van der Waals surface area contributed by atoms with Crippen LogP contribution in [0.4, 0.5) is 5.00 Å². The third-order valence-electron chi connectivity index (χ3n) is 5.22. The second-order valence-electron chi connectivity index (χ2n) is 6.84. The van der Waals surface area contributed by atoms with Crippen LogP contribution in [-0.2, 0) is 12.8 Å². The molecule has 0 unspecified atom stereocenters. The molecular weight excluding hydrogens is 320 g/mol. The van der Waals surface area contributed by atoms with Crippen molar-refractivity contribution in [3.05, 3.63) is 45.3 Å². The van der Waals surface area contributed by atoms with Crippen LogP contribution in [0.2, 0.25) is 0 Å². The van der Waals surface area contributed by atoms with Crippen molar-refractivity contribution >= 4 is 22.2 Å². The Morgan fingerprint density at radius 2 is 2.17 bits per heavy atom. The van der Waals surface area contributed by atoms with E-state index >= 15 is 0 Å². The molecule has 1 aromatic carbocycles. The number of aromatic hydroxyl groups is 1. The zero-order valence-electron chi connectivity index (χ0n) is 14.0. The van der Waals surface area contributed by atoms with Gasteiger partial charge in [-0.1, -0.05) is 25.0 Å². The molecule has 0 bridgehead atoms. The lowest BCUT2D eigenvalue weighted by Gasteiger charge is -2.27. The van der Waals surface area contributed by atoms with Crippen molar-refractivity contribution in [3.63, 3.8) is 0 Å². The highest BCUT2D eigenvalue weighted by atomic mass is 32.1. The minimum Gasteiger partial charge on any atom is -0.508 e. The Hall–Kier alpha value is -2.01. The fraction of sp³-hybridized carbons (Fsp3) is 0.421. The molecule has 1 aliphatic heterocycles. The summed E-state index contributed by atoms with van der Waals surface area (Å²) in [4.78, 5) is 14.1. The summed E-state index contributed by atoms with van der Waals surface area (Å²) in [5.41, 5.74) is 3.83. The minimum atomic E-state index is -0.382. The number of hydrogen-bond acceptors (Lipinski definition) is 4. The molecular formula is C19H22N2O2S. The fourth-order valence-electron chi connectivity index (χ4n) is 3.78. The minimum absolute atomic E-state index is 0.0258. The maximum Gasteiger partial charge on any atom is 0.256 e. The van der Waals surface area contributed by atoms with Crippen LogP contribution in [0.5, 0.6) is 5.75 Å². The topological polar surface area (TPSA) is 61.4 Å². The van der Waals surface area contributed by atoms with Crippen LogP contribution in [0.3, 0.4) is 0 Å². The predicted octanol–water partition coefficient (Wildman–Crippen LogP) is 4.13. The zero-order chi connectivity index (χ0) is 16.8. The molecule has 0 radical (unpaired) electrons. The number of anilines is 1. The molecule has 0 saturated carbocycles. The molecule has 0 spiro atoms. The Bertz CT molecular complexity index is 812. The van der Waals surface area contributed by atoms with Gasteiger partial charge in [0.2, 0.25) is 0 Å². The standard InChI is InChI=1S/C19H22N2O2S/c1-3-11-5-6-12-15(9-11)24-19-16(12)18(23)20-17(21-19)13-8-10(2)4-7-14(13)22/h4,7-8,11,17,21-22H,3,5-6,9H2,1-2H3,(H,20,23)/t11-,17+/m0/s1. The monoisotopic (exact) mass is 342 g/mol. The quantitative estimate of drug-likeness (QED) is 0.769. The summed E-state index contributed by atoms with van der Waals surface area (Å²) in [6.07, 6.45) is 4.06. The Labute approximate surface area is 145 Å². The first kappa shape index (κ1) is 15.5. The second kappa shape index (κ2) is 5.81. The van der Waals surface area contributed by atoms with E-state index in [4.69, 9.17) is 0 Å². The molecule has 2 aromatic rings. The number of phenolic OH excluding ortho intramolecular Hbond substituents is 1. The average molecular weight is 342 g/mol. The van der Waals surface area contributed by atoms with Gasteiger partial charge in [0.25, 0.3) is 5.91 Å². The lowest BCUT2D eigenvalue weighted by atomic mass is 9.85. The molecule has 4 nitrogen and oxygen atoms in total. The van der Waals surface area contributed by atoms with E-state index in [0.29, 0.717) is 5.56 Å². The number of carbonyl (C=O) groups excluding carboxylic acids is 1. The van der Waals surface area contributed by atoms with Crippen LogP contribution in [0.25, 0.3) is 0 Å². The van der Waals surface area contributed by atoms with Gasteiger partial charge in [-0.3, -0.25) is 4.79 Å². The number of thiophene rings is 1. The van der Waals surface area contributed by atoms with Crippen LogP contribution in [0.1, 0.15) is 57.9 Å². The van der Waals surface area contributed by atoms with Gasteiger partial charge in [0, 0.05) is 10.4 Å². The first-order chi connectivity index (χ1) is 11.6. The van der Waals surface area contributed by atoms with Crippen LogP contribution < -0.4 is 10.6 Å². The van der Waals surface area contributed by atoms with Gasteiger partial charge in [-0.2, -0.15) is 0 Å². The largest absolute Gasteiger partial charge is 0.508 e. The van der Waals surface area contributed by atoms with E-state index in [9.17, 15) is 9.90 Å². The highest BCUT2D eigenvalue weighted by Crippen LogP contribution is 2.43. The highest BCUT2D eigenvalue weighted by Gasteiger charge is 2.34. The molecule has 2 atom stereocenters. The molecule has 2 aliphatic rings. The zero-order valence-corrected chi connectivity index (χ0v) is 14.8. The summed E-state index contributed by atoms with van der Waals surface area (Å²) < 4.78 is 0. The van der Waals surface area contributed by atoms with Crippen molar-refractivity contribution in [1.29, 1.82) is 0 Å². The number of fused-ring (bicyclic) bond motifs is 3. The van der Waals surface area contributed by atoms with Gasteiger partial charge in [-0.05, 0) is 49.8 Å². The van der Waals surface area contributed by atoms with Crippen molar-refractivity contribution in [2.45, 2.75) is 45.7 Å². The first-order valence-electron chi connectivity index (χ1n) is 8.58. The van der Waals surface area contributed by atoms with Crippen LogP contribution in [0, 0.1) is 12.8 Å². The Morgan fingerprint density at radius 3 is 2.96 bits per heavy atom. The van der Waals surface area contributed by atoms with Crippen molar-refractivity contribution < 1.29 is 9.90 Å². The predicted molar refractivity (Wildman–Crippen MR) is 96.8 cm³/mol. The molecule has 2 heterocycles. The van der Waals surface area contributed by atoms with E-state index in [2.05, 4.69) is 17.6 Å². The number of nitrogens with one attached hydrogen (secondary N) is 2. The molecule has 1 aromatic heterocycles. The number of amides is 1. The van der Waals surface area contributed by atoms with Crippen LogP contribution in [-0.4, -0.2) is 11.0 Å². The van der Waals surface area contributed by atoms with Gasteiger partial charge >= 0.3 is 0 Å². The van der Waals surface area contributed by atoms with E-state index in [1.165, 1.54) is 23.3 Å². The van der Waals surface area contributed by atoms with Gasteiger partial charge in [0.15, 0.2) is 0 Å². The van der Waals surface area contributed by atoms with Gasteiger partial charge in [-0.15, -0.1) is 11.3 Å². The van der Waals surface area contributed by atoms with Gasteiger partial charge < -0.3 is 15.7 Å². The van der Waals surface area contributed by atoms with Crippen LogP contribution in [0.15, 0.2) is 18.2 Å². The molecule has 4 rings (SSSR count). The smallest absolute Gasteiger partial charge is 0.256 e. The fourth-order valence-corrected chi connectivity index (χ4v) is 5.16. The number of benzene rings is 1. The summed E-state index contributed by atoms with van der Waals surface area (Å²) in [5.74, 6) is 0.911. The molecule has 0 fully saturated rings. The highest BCUT2D eigenvalue weighted by molar-refractivity contribution is 7.16. The summed E-state index contributed by atoms with van der Waals surface area (Å²) in [6, 6.07) is 5.46. The van der Waals surface area contributed by atoms with Crippen molar-refractivity contribution in [3.8, 4) is 5.75 Å². The molecule has 126 valence electrons. The summed E-state index contributed by atoms with van der Waals surface area (Å²) in [5, 5.41) is 17.6. The third-order valence-corrected chi connectivity index (χ3v) is 6.40. The number of aryl methyl sites for hydroxylation is 1. The molecule has 1 aliphatic carbocycles. The lowest BCUT2D eigenvalue weighted by molar-refractivity contribution is 0.0935. The molecule has 5 heteroatoms. The van der Waals surface area contributed by atoms with E-state index < -0.39 is 0 Å². The third kappa shape index (κ3) is 2.47. The van der Waals surface area contributed by atoms with E-state index in [0.717, 1.165) is 34.9 Å². The van der Waals surface area contributed by atoms with Gasteiger partial charge in [0.1, 0.15) is 16.9 Å². The van der Waals surface area contributed by atoms with Crippen LogP contribution >= 0.6 is 11.3 Å². The van der Waals surface area contributed by atoms with Crippen molar-refractivity contribution in [2.24, 2.45) is 5.92 Å². The summed E-state index contributed by atoms with van der Waals surface area (Å²) in [6.45, 7) is 4.22. The number of hydrogen-bond donors (Lipinski definition) is 3. The van der Waals surface area contributed by atoms with Crippen molar-refractivity contribution in [1.82, 2.24) is 5.32 Å². The molecule has 0 saturated heterocycles. The Kier molecular flexibility index (Phi) is 3.76. The normalized spacial score (nSPS) is 22.3. The van der Waals surface area contributed by atoms with Gasteiger partial charge in [0.05, 0.1) is 5.56 Å². The number of carbonyl (C=O) groups is 1. The number of rotatable bonds is 2. The Balaban J connectivity index is 1.70. The van der Waals surface area contributed by atoms with E-state index in [-0.39, 0.29) is 17.8 Å². The Morgan fingerprint density at radius 1 is 1.33 bits per heavy atom. The molecule has 24 heavy (non-hydrogen) atoms. The maximum atomic E-state index is 12.7. The summed E-state index contributed by atoms with van der Waals surface area (Å²) >= 11 is 1.72. The SMILES string of the molecule is CC[C@H]1CCc2c(sc3c2C(=O)N[C@@H](c2cc(C)ccc2O)N3)C1. The van der Waals surface area contributed by atoms with Crippen molar-refractivity contribution in [2.75, 3.05) is 5.32 Å². The second-order valence-corrected chi connectivity index (χ2v) is 7.94. The maximum absolute atomic E-state index is 12.7.